The van der Waals surface area contributed by atoms with Crippen molar-refractivity contribution in [1.29, 1.82) is 5.26 Å². The number of rotatable bonds is 0. The van der Waals surface area contributed by atoms with Crippen LogP contribution in [0.25, 0.3) is 0 Å². The van der Waals surface area contributed by atoms with Crippen molar-refractivity contribution in [2.24, 2.45) is 0 Å². The molecule has 0 fully saturated rings. The highest BCUT2D eigenvalue weighted by Gasteiger charge is 1.89. The molecule has 9 heavy (non-hydrogen) atoms. The molecule has 0 saturated carbocycles. The third-order valence-corrected chi connectivity index (χ3v) is 1.10. The second-order valence-corrected chi connectivity index (χ2v) is 1.96. The van der Waals surface area contributed by atoms with Gasteiger partial charge in [-0.25, -0.2) is 4.98 Å². The highest BCUT2D eigenvalue weighted by molar-refractivity contribution is 7.80. The van der Waals surface area contributed by atoms with Crippen LogP contribution in [-0.4, -0.2) is 4.98 Å². The lowest BCUT2D eigenvalue weighted by Crippen LogP contribution is -1.78. The average Bonchev–Trinajstić information content (AvgIpc) is 1.88. The normalized spacial score (nSPS) is 8.33. The van der Waals surface area contributed by atoms with Gasteiger partial charge in [0.2, 0.25) is 0 Å². The van der Waals surface area contributed by atoms with Gasteiger partial charge in [0, 0.05) is 11.1 Å². The molecule has 0 bridgehead atoms. The Balaban J connectivity index is 3.12. The molecule has 0 N–H and O–H groups in total. The Morgan fingerprint density at radius 1 is 1.67 bits per heavy atom. The molecule has 0 aromatic carbocycles. The van der Waals surface area contributed by atoms with Gasteiger partial charge in [-0.1, -0.05) is 12.6 Å². The van der Waals surface area contributed by atoms with E-state index in [2.05, 4.69) is 4.98 Å². The third-order valence-electron chi connectivity index (χ3n) is 0.846. The van der Waals surface area contributed by atoms with Gasteiger partial charge in [-0.05, 0) is 12.1 Å². The molecule has 0 aliphatic rings. The zero-order valence-electron chi connectivity index (χ0n) is 4.53. The van der Waals surface area contributed by atoms with Crippen molar-refractivity contribution in [2.45, 2.75) is 4.90 Å². The second-order valence-electron chi connectivity index (χ2n) is 1.49. The molecule has 0 unspecified atom stereocenters. The van der Waals surface area contributed by atoms with Gasteiger partial charge in [0.25, 0.3) is 0 Å². The molecule has 2 nitrogen and oxygen atoms in total. The van der Waals surface area contributed by atoms with E-state index in [4.69, 9.17) is 17.9 Å². The first kappa shape index (κ1) is 5.99. The Morgan fingerprint density at radius 3 is 2.89 bits per heavy atom. The Hall–Kier alpha value is -1.14. The summed E-state index contributed by atoms with van der Waals surface area (Å²) in [6, 6.07) is 5.13. The number of nitriles is 1. The minimum Gasteiger partial charge on any atom is -0.245 e. The molecule has 0 atom stereocenters. The summed E-state index contributed by atoms with van der Waals surface area (Å²) in [5.41, 5.74) is 0.377. The molecule has 3 heteroatoms. The first-order chi connectivity index (χ1) is 4.33. The molecule has 0 amide bonds. The smallest absolute Gasteiger partial charge is 0.141 e. The third kappa shape index (κ3) is 1.37. The van der Waals surface area contributed by atoms with Crippen LogP contribution in [0.1, 0.15) is 5.69 Å². The van der Waals surface area contributed by atoms with Crippen molar-refractivity contribution in [3.63, 3.8) is 0 Å². The fraction of sp³-hybridized carbons (Fsp3) is 0. The van der Waals surface area contributed by atoms with Crippen LogP contribution in [0.5, 0.6) is 0 Å². The molecule has 0 aliphatic carbocycles. The standard InChI is InChI=1S/C6H3N2S/c7-4-5-3-6(9)1-2-8-5/h1-3H. The van der Waals surface area contributed by atoms with Crippen LogP contribution >= 0.6 is 12.6 Å². The monoisotopic (exact) mass is 135 g/mol. The van der Waals surface area contributed by atoms with Crippen LogP contribution in [0.3, 0.4) is 0 Å². The summed E-state index contributed by atoms with van der Waals surface area (Å²) in [5, 5.41) is 8.30. The number of pyridine rings is 1. The molecule has 0 aliphatic heterocycles. The number of aromatic nitrogens is 1. The van der Waals surface area contributed by atoms with E-state index >= 15 is 0 Å². The Bertz CT molecular complexity index is 251. The highest BCUT2D eigenvalue weighted by Crippen LogP contribution is 2.03. The number of hydrogen-bond donors (Lipinski definition) is 0. The summed E-state index contributed by atoms with van der Waals surface area (Å²) in [4.78, 5) is 4.38. The van der Waals surface area contributed by atoms with Crippen molar-refractivity contribution in [3.05, 3.63) is 24.0 Å². The number of hydrogen-bond acceptors (Lipinski definition) is 2. The maximum absolute atomic E-state index is 8.30. The predicted octanol–water partition coefficient (Wildman–Crippen LogP) is 1.51. The van der Waals surface area contributed by atoms with E-state index in [9.17, 15) is 0 Å². The Morgan fingerprint density at radius 2 is 2.44 bits per heavy atom. The maximum Gasteiger partial charge on any atom is 0.141 e. The van der Waals surface area contributed by atoms with Crippen LogP contribution < -0.4 is 0 Å². The van der Waals surface area contributed by atoms with Gasteiger partial charge in [-0.15, -0.1) is 0 Å². The molecule has 1 aromatic rings. The van der Waals surface area contributed by atoms with Crippen molar-refractivity contribution in [1.82, 2.24) is 4.98 Å². The predicted molar refractivity (Wildman–Crippen MR) is 34.8 cm³/mol. The van der Waals surface area contributed by atoms with E-state index in [0.717, 1.165) is 0 Å². The molecule has 1 radical (unpaired) electrons. The van der Waals surface area contributed by atoms with Gasteiger partial charge in [-0.3, -0.25) is 0 Å². The van der Waals surface area contributed by atoms with Crippen LogP contribution in [0.4, 0.5) is 0 Å². The highest BCUT2D eigenvalue weighted by atomic mass is 32.1. The van der Waals surface area contributed by atoms with Crippen LogP contribution in [0.2, 0.25) is 0 Å². The molecule has 1 heterocycles. The van der Waals surface area contributed by atoms with Crippen LogP contribution in [0, 0.1) is 11.3 Å². The summed E-state index contributed by atoms with van der Waals surface area (Å²) < 4.78 is 0. The molecule has 1 rings (SSSR count). The fourth-order valence-electron chi connectivity index (χ4n) is 0.472. The SMILES string of the molecule is N#Cc1cc([S])ccn1. The molecular weight excluding hydrogens is 132 g/mol. The Labute approximate surface area is 58.6 Å². The average molecular weight is 135 g/mol. The quantitative estimate of drug-likeness (QED) is 0.540. The molecule has 0 saturated heterocycles. The first-order valence-electron chi connectivity index (χ1n) is 2.36. The lowest BCUT2D eigenvalue weighted by molar-refractivity contribution is 1.22. The molecule has 0 spiro atoms. The summed E-state index contributed by atoms with van der Waals surface area (Å²) in [7, 11) is 0. The van der Waals surface area contributed by atoms with E-state index < -0.39 is 0 Å². The molecular formula is C6H3N2S. The fourth-order valence-corrected chi connectivity index (χ4v) is 0.645. The second kappa shape index (κ2) is 2.42. The largest absolute Gasteiger partial charge is 0.245 e. The van der Waals surface area contributed by atoms with E-state index in [0.29, 0.717) is 10.6 Å². The van der Waals surface area contributed by atoms with E-state index in [1.165, 1.54) is 6.20 Å². The van der Waals surface area contributed by atoms with Gasteiger partial charge < -0.3 is 0 Å². The van der Waals surface area contributed by atoms with E-state index in [1.54, 1.807) is 12.1 Å². The van der Waals surface area contributed by atoms with Gasteiger partial charge in [0.1, 0.15) is 11.8 Å². The van der Waals surface area contributed by atoms with Gasteiger partial charge in [0.05, 0.1) is 0 Å². The summed E-state index contributed by atoms with van der Waals surface area (Å²) in [6.07, 6.45) is 1.53. The zero-order valence-corrected chi connectivity index (χ0v) is 5.35. The summed E-state index contributed by atoms with van der Waals surface area (Å²) >= 11 is 4.77. The topological polar surface area (TPSA) is 36.7 Å². The van der Waals surface area contributed by atoms with Gasteiger partial charge in [0.15, 0.2) is 0 Å². The van der Waals surface area contributed by atoms with Crippen LogP contribution in [-0.2, 0) is 0 Å². The maximum atomic E-state index is 8.30. The zero-order chi connectivity index (χ0) is 6.69. The van der Waals surface area contributed by atoms with Crippen molar-refractivity contribution in [2.75, 3.05) is 0 Å². The lowest BCUT2D eigenvalue weighted by atomic mass is 10.4. The van der Waals surface area contributed by atoms with E-state index in [-0.39, 0.29) is 0 Å². The lowest BCUT2D eigenvalue weighted by Gasteiger charge is -1.85. The van der Waals surface area contributed by atoms with Crippen molar-refractivity contribution in [3.8, 4) is 6.07 Å². The first-order valence-corrected chi connectivity index (χ1v) is 2.77. The van der Waals surface area contributed by atoms with Crippen molar-refractivity contribution >= 4 is 12.6 Å². The van der Waals surface area contributed by atoms with Crippen molar-refractivity contribution < 1.29 is 0 Å². The van der Waals surface area contributed by atoms with E-state index in [1.807, 2.05) is 6.07 Å². The minimum absolute atomic E-state index is 0.377. The molecule has 1 aromatic heterocycles. The van der Waals surface area contributed by atoms with Gasteiger partial charge in [-0.2, -0.15) is 5.26 Å². The molecule has 43 valence electrons. The number of nitrogens with zero attached hydrogens (tertiary/aromatic N) is 2. The van der Waals surface area contributed by atoms with Crippen LogP contribution in [0.15, 0.2) is 23.2 Å². The van der Waals surface area contributed by atoms with Gasteiger partial charge >= 0.3 is 0 Å². The Kier molecular flexibility index (Phi) is 1.61. The minimum atomic E-state index is 0.377. The summed E-state index contributed by atoms with van der Waals surface area (Å²) in [6.45, 7) is 0. The summed E-state index contributed by atoms with van der Waals surface area (Å²) in [5.74, 6) is 0.